The van der Waals surface area contributed by atoms with Crippen molar-refractivity contribution >= 4 is 40.6 Å². The molecule has 0 saturated heterocycles. The molecule has 6 heteroatoms. The zero-order valence-electron chi connectivity index (χ0n) is 10.3. The molecule has 104 valence electrons. The Morgan fingerprint density at radius 1 is 1.10 bits per heavy atom. The van der Waals surface area contributed by atoms with Gasteiger partial charge in [-0.25, -0.2) is 0 Å². The minimum absolute atomic E-state index is 0.0954. The summed E-state index contributed by atoms with van der Waals surface area (Å²) in [6.07, 6.45) is 0. The Morgan fingerprint density at radius 3 is 2.35 bits per heavy atom. The molecule has 0 saturated carbocycles. The molecule has 0 heterocycles. The van der Waals surface area contributed by atoms with Crippen molar-refractivity contribution in [2.75, 3.05) is 0 Å². The number of nitrogens with one attached hydrogen (secondary N) is 1. The topological polar surface area (TPSA) is 59.1 Å². The van der Waals surface area contributed by atoms with Crippen molar-refractivity contribution in [2.24, 2.45) is 5.73 Å². The van der Waals surface area contributed by atoms with E-state index < -0.39 is 0 Å². The van der Waals surface area contributed by atoms with Gasteiger partial charge in [0.05, 0.1) is 5.56 Å². The fourth-order valence-electron chi connectivity index (χ4n) is 1.66. The number of hydrogen-bond acceptors (Lipinski definition) is 2. The molecule has 0 aliphatic carbocycles. The van der Waals surface area contributed by atoms with Crippen molar-refractivity contribution in [1.82, 2.24) is 0 Å². The van der Waals surface area contributed by atoms with Gasteiger partial charge in [-0.05, 0) is 30.3 Å². The molecular weight excluding hydrogens is 319 g/mol. The van der Waals surface area contributed by atoms with Crippen LogP contribution in [0.1, 0.15) is 11.1 Å². The summed E-state index contributed by atoms with van der Waals surface area (Å²) in [5.41, 5.74) is 6.64. The fourth-order valence-corrected chi connectivity index (χ4v) is 2.33. The first-order chi connectivity index (χ1) is 9.49. The molecule has 0 aliphatic heterocycles. The summed E-state index contributed by atoms with van der Waals surface area (Å²) in [5.74, 6) is 0.322. The summed E-state index contributed by atoms with van der Waals surface area (Å²) in [7, 11) is 0. The predicted octanol–water partition coefficient (Wildman–Crippen LogP) is 4.51. The van der Waals surface area contributed by atoms with Crippen LogP contribution < -0.4 is 10.5 Å². The lowest BCUT2D eigenvalue weighted by atomic mass is 10.2. The third kappa shape index (κ3) is 3.37. The summed E-state index contributed by atoms with van der Waals surface area (Å²) in [6, 6.07) is 10.1. The van der Waals surface area contributed by atoms with Crippen molar-refractivity contribution < 1.29 is 4.74 Å². The molecule has 0 spiro atoms. The van der Waals surface area contributed by atoms with Crippen molar-refractivity contribution in [2.45, 2.75) is 6.61 Å². The van der Waals surface area contributed by atoms with Crippen LogP contribution in [0, 0.1) is 5.41 Å². The second-order valence-electron chi connectivity index (χ2n) is 4.04. The summed E-state index contributed by atoms with van der Waals surface area (Å²) in [6.45, 7) is 0.166. The van der Waals surface area contributed by atoms with Gasteiger partial charge in [-0.2, -0.15) is 0 Å². The first kappa shape index (κ1) is 15.0. The van der Waals surface area contributed by atoms with Gasteiger partial charge in [-0.15, -0.1) is 0 Å². The average Bonchev–Trinajstić information content (AvgIpc) is 2.37. The molecule has 2 aromatic carbocycles. The largest absolute Gasteiger partial charge is 0.488 e. The highest BCUT2D eigenvalue weighted by Crippen LogP contribution is 2.28. The van der Waals surface area contributed by atoms with E-state index in [0.717, 1.165) is 0 Å². The smallest absolute Gasteiger partial charge is 0.132 e. The summed E-state index contributed by atoms with van der Waals surface area (Å²) < 4.78 is 5.65. The number of rotatable bonds is 4. The van der Waals surface area contributed by atoms with Crippen LogP contribution in [0.25, 0.3) is 0 Å². The van der Waals surface area contributed by atoms with Crippen LogP contribution in [0.4, 0.5) is 0 Å². The Bertz CT molecular complexity index is 639. The zero-order valence-corrected chi connectivity index (χ0v) is 12.6. The minimum Gasteiger partial charge on any atom is -0.488 e. The fraction of sp³-hybridized carbons (Fsp3) is 0.0714. The third-order valence-corrected chi connectivity index (χ3v) is 3.61. The van der Waals surface area contributed by atoms with Gasteiger partial charge >= 0.3 is 0 Å². The normalized spacial score (nSPS) is 10.3. The third-order valence-electron chi connectivity index (χ3n) is 2.67. The van der Waals surface area contributed by atoms with E-state index in [4.69, 9.17) is 50.7 Å². The number of amidine groups is 1. The van der Waals surface area contributed by atoms with E-state index >= 15 is 0 Å². The SMILES string of the molecule is N=C(N)c1ccc(Cl)cc1OCc1c(Cl)cccc1Cl. The van der Waals surface area contributed by atoms with Crippen LogP contribution in [0.5, 0.6) is 5.75 Å². The van der Waals surface area contributed by atoms with Crippen LogP contribution in [0.3, 0.4) is 0 Å². The Kier molecular flexibility index (Phi) is 4.76. The summed E-state index contributed by atoms with van der Waals surface area (Å²) in [5, 5.41) is 9.05. The van der Waals surface area contributed by atoms with Crippen molar-refractivity contribution in [3.63, 3.8) is 0 Å². The first-order valence-electron chi connectivity index (χ1n) is 5.68. The van der Waals surface area contributed by atoms with Crippen LogP contribution in [0.15, 0.2) is 36.4 Å². The maximum absolute atomic E-state index is 7.52. The molecule has 0 aromatic heterocycles. The number of ether oxygens (including phenoxy) is 1. The predicted molar refractivity (Wildman–Crippen MR) is 83.3 cm³/mol. The molecule has 0 bridgehead atoms. The average molecular weight is 330 g/mol. The molecule has 0 atom stereocenters. The quantitative estimate of drug-likeness (QED) is 0.640. The maximum Gasteiger partial charge on any atom is 0.132 e. The van der Waals surface area contributed by atoms with Crippen molar-refractivity contribution in [3.8, 4) is 5.75 Å². The number of nitrogen functional groups attached to an aromatic ring is 1. The molecule has 3 N–H and O–H groups in total. The summed E-state index contributed by atoms with van der Waals surface area (Å²) >= 11 is 18.1. The molecule has 2 rings (SSSR count). The highest BCUT2D eigenvalue weighted by Gasteiger charge is 2.11. The molecule has 0 aliphatic rings. The monoisotopic (exact) mass is 328 g/mol. The van der Waals surface area contributed by atoms with E-state index in [9.17, 15) is 0 Å². The van der Waals surface area contributed by atoms with Gasteiger partial charge in [0.2, 0.25) is 0 Å². The number of halogens is 3. The second kappa shape index (κ2) is 6.35. The van der Waals surface area contributed by atoms with Crippen LogP contribution in [-0.4, -0.2) is 5.84 Å². The van der Waals surface area contributed by atoms with Gasteiger partial charge < -0.3 is 10.5 Å². The van der Waals surface area contributed by atoms with Gasteiger partial charge in [0.25, 0.3) is 0 Å². The Balaban J connectivity index is 2.27. The number of benzene rings is 2. The standard InChI is InChI=1S/C14H11Cl3N2O/c15-8-4-5-9(14(18)19)13(6-8)20-7-10-11(16)2-1-3-12(10)17/h1-6H,7H2,(H3,18,19). The molecule has 20 heavy (non-hydrogen) atoms. The Hall–Kier alpha value is -1.42. The number of hydrogen-bond donors (Lipinski definition) is 2. The number of nitrogens with two attached hydrogens (primary N) is 1. The molecule has 0 fully saturated rings. The molecule has 0 unspecified atom stereocenters. The van der Waals surface area contributed by atoms with E-state index in [-0.39, 0.29) is 12.4 Å². The van der Waals surface area contributed by atoms with Crippen LogP contribution in [0.2, 0.25) is 15.1 Å². The highest BCUT2D eigenvalue weighted by atomic mass is 35.5. The molecule has 0 radical (unpaired) electrons. The maximum atomic E-state index is 7.52. The lowest BCUT2D eigenvalue weighted by Crippen LogP contribution is -2.13. The van der Waals surface area contributed by atoms with Gasteiger partial charge in [0.1, 0.15) is 18.2 Å². The van der Waals surface area contributed by atoms with Gasteiger partial charge in [-0.3, -0.25) is 5.41 Å². The van der Waals surface area contributed by atoms with Gasteiger partial charge in [0, 0.05) is 20.6 Å². The lowest BCUT2D eigenvalue weighted by molar-refractivity contribution is 0.306. The van der Waals surface area contributed by atoms with Gasteiger partial charge in [-0.1, -0.05) is 40.9 Å². The van der Waals surface area contributed by atoms with E-state index in [1.807, 2.05) is 0 Å². The summed E-state index contributed by atoms with van der Waals surface area (Å²) in [4.78, 5) is 0. The van der Waals surface area contributed by atoms with E-state index in [0.29, 0.717) is 31.9 Å². The van der Waals surface area contributed by atoms with E-state index in [1.54, 1.807) is 36.4 Å². The zero-order chi connectivity index (χ0) is 14.7. The van der Waals surface area contributed by atoms with Crippen LogP contribution >= 0.6 is 34.8 Å². The molecule has 0 amide bonds. The van der Waals surface area contributed by atoms with Gasteiger partial charge in [0.15, 0.2) is 0 Å². The molecule has 3 nitrogen and oxygen atoms in total. The highest BCUT2D eigenvalue weighted by molar-refractivity contribution is 6.36. The Morgan fingerprint density at radius 2 is 1.75 bits per heavy atom. The van der Waals surface area contributed by atoms with E-state index in [2.05, 4.69) is 0 Å². The molecule has 2 aromatic rings. The lowest BCUT2D eigenvalue weighted by Gasteiger charge is -2.12. The minimum atomic E-state index is -0.0954. The Labute approximate surface area is 131 Å². The van der Waals surface area contributed by atoms with Crippen molar-refractivity contribution in [3.05, 3.63) is 62.6 Å². The van der Waals surface area contributed by atoms with Crippen molar-refractivity contribution in [1.29, 1.82) is 5.41 Å². The van der Waals surface area contributed by atoms with Crippen LogP contribution in [-0.2, 0) is 6.61 Å². The second-order valence-corrected chi connectivity index (χ2v) is 5.29. The first-order valence-corrected chi connectivity index (χ1v) is 6.82. The molecular formula is C14H11Cl3N2O. The van der Waals surface area contributed by atoms with E-state index in [1.165, 1.54) is 0 Å².